The summed E-state index contributed by atoms with van der Waals surface area (Å²) < 4.78 is 20.9. The summed E-state index contributed by atoms with van der Waals surface area (Å²) >= 11 is 11.4. The summed E-state index contributed by atoms with van der Waals surface area (Å²) in [5.74, 6) is 1.89. The first-order chi connectivity index (χ1) is 14.4. The number of thiocarbonyl (C=S) groups is 1. The van der Waals surface area contributed by atoms with E-state index in [1.165, 1.54) is 13.2 Å². The second-order valence-corrected chi connectivity index (χ2v) is 6.73. The van der Waals surface area contributed by atoms with E-state index < -0.39 is 0 Å². The van der Waals surface area contributed by atoms with E-state index in [2.05, 4.69) is 10.6 Å². The molecule has 0 spiro atoms. The molecule has 160 valence electrons. The molecule has 2 aromatic carbocycles. The van der Waals surface area contributed by atoms with E-state index in [0.717, 1.165) is 11.1 Å². The van der Waals surface area contributed by atoms with Gasteiger partial charge < -0.3 is 24.3 Å². The van der Waals surface area contributed by atoms with Crippen LogP contribution in [0, 0.1) is 0 Å². The second-order valence-electron chi connectivity index (χ2n) is 5.92. The Hall–Kier alpha value is -2.97. The van der Waals surface area contributed by atoms with Gasteiger partial charge in [-0.2, -0.15) is 0 Å². The number of rotatable bonds is 8. The van der Waals surface area contributed by atoms with Gasteiger partial charge in [-0.1, -0.05) is 17.7 Å². The lowest BCUT2D eigenvalue weighted by Gasteiger charge is -2.13. The van der Waals surface area contributed by atoms with Crippen molar-refractivity contribution in [2.45, 2.75) is 6.54 Å². The van der Waals surface area contributed by atoms with Crippen molar-refractivity contribution in [3.05, 3.63) is 52.6 Å². The summed E-state index contributed by atoms with van der Waals surface area (Å²) in [6, 6.07) is 8.73. The Morgan fingerprint density at radius 3 is 2.20 bits per heavy atom. The fourth-order valence-electron chi connectivity index (χ4n) is 2.53. The summed E-state index contributed by atoms with van der Waals surface area (Å²) in [7, 11) is 6.18. The monoisotopic (exact) mass is 450 g/mol. The van der Waals surface area contributed by atoms with Crippen molar-refractivity contribution in [1.82, 2.24) is 10.6 Å². The quantitative estimate of drug-likeness (QED) is 0.470. The lowest BCUT2D eigenvalue weighted by Crippen LogP contribution is -2.38. The van der Waals surface area contributed by atoms with E-state index in [4.69, 9.17) is 42.8 Å². The molecule has 0 atom stereocenters. The van der Waals surface area contributed by atoms with Gasteiger partial charge in [-0.05, 0) is 47.6 Å². The first-order valence-corrected chi connectivity index (χ1v) is 9.59. The molecule has 30 heavy (non-hydrogen) atoms. The highest BCUT2D eigenvalue weighted by Gasteiger charge is 2.11. The average molecular weight is 451 g/mol. The van der Waals surface area contributed by atoms with Crippen LogP contribution < -0.4 is 29.6 Å². The van der Waals surface area contributed by atoms with Gasteiger partial charge >= 0.3 is 0 Å². The van der Waals surface area contributed by atoms with Gasteiger partial charge in [0.15, 0.2) is 28.1 Å². The summed E-state index contributed by atoms with van der Waals surface area (Å²) in [5, 5.41) is 6.18. The van der Waals surface area contributed by atoms with Crippen LogP contribution in [0.1, 0.15) is 11.1 Å². The van der Waals surface area contributed by atoms with E-state index >= 15 is 0 Å². The smallest absolute Gasteiger partial charge is 0.250 e. The van der Waals surface area contributed by atoms with Gasteiger partial charge in [0.1, 0.15) is 0 Å². The SMILES string of the molecule is COc1ccc(/C=C/C(=O)NC(=S)NCc2cc(OC)c(OC)cc2Cl)cc1OC. The third kappa shape index (κ3) is 6.27. The van der Waals surface area contributed by atoms with Crippen LogP contribution in [-0.4, -0.2) is 39.5 Å². The zero-order chi connectivity index (χ0) is 22.1. The second kappa shape index (κ2) is 11.3. The maximum absolute atomic E-state index is 12.1. The van der Waals surface area contributed by atoms with Crippen molar-refractivity contribution < 1.29 is 23.7 Å². The molecule has 0 saturated heterocycles. The highest BCUT2D eigenvalue weighted by molar-refractivity contribution is 7.80. The Morgan fingerprint density at radius 2 is 1.57 bits per heavy atom. The number of hydrogen-bond acceptors (Lipinski definition) is 6. The van der Waals surface area contributed by atoms with Gasteiger partial charge in [0, 0.05) is 23.7 Å². The van der Waals surface area contributed by atoms with E-state index in [1.54, 1.807) is 57.7 Å². The third-order valence-electron chi connectivity index (χ3n) is 4.06. The number of ether oxygens (including phenoxy) is 4. The van der Waals surface area contributed by atoms with E-state index in [9.17, 15) is 4.79 Å². The van der Waals surface area contributed by atoms with Crippen LogP contribution in [0.3, 0.4) is 0 Å². The van der Waals surface area contributed by atoms with Crippen LogP contribution in [0.25, 0.3) is 6.08 Å². The summed E-state index contributed by atoms with van der Waals surface area (Å²) in [5.41, 5.74) is 1.52. The van der Waals surface area contributed by atoms with Crippen LogP contribution in [0.4, 0.5) is 0 Å². The van der Waals surface area contributed by atoms with Gasteiger partial charge in [-0.25, -0.2) is 0 Å². The molecule has 0 radical (unpaired) electrons. The van der Waals surface area contributed by atoms with Crippen molar-refractivity contribution in [3.8, 4) is 23.0 Å². The fourth-order valence-corrected chi connectivity index (χ4v) is 2.93. The van der Waals surface area contributed by atoms with Gasteiger partial charge in [0.25, 0.3) is 0 Å². The Labute approximate surface area is 185 Å². The number of hydrogen-bond donors (Lipinski definition) is 2. The Balaban J connectivity index is 1.94. The van der Waals surface area contributed by atoms with Crippen molar-refractivity contribution in [2.75, 3.05) is 28.4 Å². The van der Waals surface area contributed by atoms with Crippen molar-refractivity contribution in [3.63, 3.8) is 0 Å². The Morgan fingerprint density at radius 1 is 0.967 bits per heavy atom. The normalized spacial score (nSPS) is 10.4. The summed E-state index contributed by atoms with van der Waals surface area (Å²) in [6.45, 7) is 0.303. The van der Waals surface area contributed by atoms with Gasteiger partial charge in [0.05, 0.1) is 28.4 Å². The molecule has 1 amide bonds. The van der Waals surface area contributed by atoms with Crippen molar-refractivity contribution in [2.24, 2.45) is 0 Å². The zero-order valence-corrected chi connectivity index (χ0v) is 18.6. The predicted octanol–water partition coefficient (Wildman–Crippen LogP) is 3.58. The van der Waals surface area contributed by atoms with Crippen LogP contribution in [0.5, 0.6) is 23.0 Å². The fraction of sp³-hybridized carbons (Fsp3) is 0.238. The first-order valence-electron chi connectivity index (χ1n) is 8.81. The molecule has 2 aromatic rings. The molecule has 0 aliphatic heterocycles. The maximum atomic E-state index is 12.1. The lowest BCUT2D eigenvalue weighted by atomic mass is 10.2. The molecule has 0 heterocycles. The standard InChI is InChI=1S/C21H23ClN2O5S/c1-26-16-7-5-13(9-17(16)27-2)6-8-20(25)24-21(30)23-12-14-10-18(28-3)19(29-4)11-15(14)22/h5-11H,12H2,1-4H3,(H2,23,24,25,30)/b8-6+. The highest BCUT2D eigenvalue weighted by atomic mass is 35.5. The molecular weight excluding hydrogens is 428 g/mol. The van der Waals surface area contributed by atoms with Crippen LogP contribution in [0.15, 0.2) is 36.4 Å². The molecule has 2 rings (SSSR count). The molecule has 0 aliphatic rings. The molecule has 0 saturated carbocycles. The average Bonchev–Trinajstić information content (AvgIpc) is 2.76. The molecule has 2 N–H and O–H groups in total. The number of carbonyl (C=O) groups is 1. The van der Waals surface area contributed by atoms with Gasteiger partial charge in [0.2, 0.25) is 5.91 Å². The third-order valence-corrected chi connectivity index (χ3v) is 4.66. The molecule has 0 aromatic heterocycles. The molecule has 0 aliphatic carbocycles. The summed E-state index contributed by atoms with van der Waals surface area (Å²) in [4.78, 5) is 12.1. The van der Waals surface area contributed by atoms with Crippen molar-refractivity contribution in [1.29, 1.82) is 0 Å². The topological polar surface area (TPSA) is 78.1 Å². The number of methoxy groups -OCH3 is 4. The summed E-state index contributed by atoms with van der Waals surface area (Å²) in [6.07, 6.45) is 3.02. The van der Waals surface area contributed by atoms with E-state index in [-0.39, 0.29) is 11.0 Å². The molecular formula is C21H23ClN2O5S. The van der Waals surface area contributed by atoms with Crippen LogP contribution in [-0.2, 0) is 11.3 Å². The largest absolute Gasteiger partial charge is 0.493 e. The number of nitrogens with one attached hydrogen (secondary N) is 2. The number of benzene rings is 2. The van der Waals surface area contributed by atoms with Crippen molar-refractivity contribution >= 4 is 40.9 Å². The minimum absolute atomic E-state index is 0.169. The van der Waals surface area contributed by atoms with Gasteiger partial charge in [-0.15, -0.1) is 0 Å². The van der Waals surface area contributed by atoms with Gasteiger partial charge in [-0.3, -0.25) is 10.1 Å². The van der Waals surface area contributed by atoms with Crippen LogP contribution >= 0.6 is 23.8 Å². The molecule has 0 unspecified atom stereocenters. The lowest BCUT2D eigenvalue weighted by molar-refractivity contribution is -0.115. The minimum Gasteiger partial charge on any atom is -0.493 e. The van der Waals surface area contributed by atoms with E-state index in [1.807, 2.05) is 0 Å². The Bertz CT molecular complexity index is 949. The Kier molecular flexibility index (Phi) is 8.76. The number of halogens is 1. The number of carbonyl (C=O) groups excluding carboxylic acids is 1. The first kappa shape index (κ1) is 23.3. The predicted molar refractivity (Wildman–Crippen MR) is 121 cm³/mol. The minimum atomic E-state index is -0.374. The van der Waals surface area contributed by atoms with Crippen LogP contribution in [0.2, 0.25) is 5.02 Å². The molecule has 0 bridgehead atoms. The zero-order valence-electron chi connectivity index (χ0n) is 17.1. The number of amides is 1. The molecule has 9 heteroatoms. The van der Waals surface area contributed by atoms with E-state index in [0.29, 0.717) is 34.6 Å². The maximum Gasteiger partial charge on any atom is 0.250 e. The molecule has 0 fully saturated rings. The molecule has 7 nitrogen and oxygen atoms in total. The highest BCUT2D eigenvalue weighted by Crippen LogP contribution is 2.33.